The summed E-state index contributed by atoms with van der Waals surface area (Å²) in [7, 11) is 0. The number of rotatable bonds is 7. The van der Waals surface area contributed by atoms with E-state index in [4.69, 9.17) is 14.2 Å². The van der Waals surface area contributed by atoms with Crippen LogP contribution in [0.2, 0.25) is 0 Å². The second kappa shape index (κ2) is 11.0. The molecule has 0 fully saturated rings. The predicted molar refractivity (Wildman–Crippen MR) is 128 cm³/mol. The molecule has 0 unspecified atom stereocenters. The number of aliphatic hydroxyl groups is 2. The predicted octanol–water partition coefficient (Wildman–Crippen LogP) is 2.96. The van der Waals surface area contributed by atoms with Gasteiger partial charge in [0.15, 0.2) is 11.7 Å². The van der Waals surface area contributed by atoms with Crippen molar-refractivity contribution >= 4 is 17.9 Å². The van der Waals surface area contributed by atoms with Crippen molar-refractivity contribution in [2.24, 2.45) is 0 Å². The molecular weight excluding hydrogens is 464 g/mol. The van der Waals surface area contributed by atoms with Crippen molar-refractivity contribution in [3.63, 3.8) is 0 Å². The van der Waals surface area contributed by atoms with Crippen molar-refractivity contribution in [3.8, 4) is 0 Å². The molecule has 0 bridgehead atoms. The topological polar surface area (TPSA) is 119 Å². The summed E-state index contributed by atoms with van der Waals surface area (Å²) in [5, 5.41) is 22.6. The molecule has 184 valence electrons. The van der Waals surface area contributed by atoms with E-state index < -0.39 is 48.4 Å². The van der Waals surface area contributed by atoms with E-state index in [1.54, 1.807) is 66.7 Å². The summed E-state index contributed by atoms with van der Waals surface area (Å²) < 4.78 is 16.2. The third-order valence-electron chi connectivity index (χ3n) is 5.73. The fourth-order valence-corrected chi connectivity index (χ4v) is 3.71. The lowest BCUT2D eigenvalue weighted by Gasteiger charge is -2.42. The Labute approximate surface area is 207 Å². The van der Waals surface area contributed by atoms with Gasteiger partial charge in [-0.05, 0) is 48.6 Å². The van der Waals surface area contributed by atoms with Gasteiger partial charge in [-0.2, -0.15) is 0 Å². The fourth-order valence-electron chi connectivity index (χ4n) is 3.71. The molecule has 0 radical (unpaired) electrons. The lowest BCUT2D eigenvalue weighted by molar-refractivity contribution is -0.184. The first-order valence-corrected chi connectivity index (χ1v) is 11.2. The molecule has 0 aromatic heterocycles. The van der Waals surface area contributed by atoms with Crippen molar-refractivity contribution in [2.45, 2.75) is 23.9 Å². The third-order valence-corrected chi connectivity index (χ3v) is 5.73. The van der Waals surface area contributed by atoms with Crippen LogP contribution in [-0.4, -0.2) is 58.6 Å². The van der Waals surface area contributed by atoms with Gasteiger partial charge in [-0.1, -0.05) is 54.6 Å². The maximum atomic E-state index is 12.7. The van der Waals surface area contributed by atoms with Gasteiger partial charge in [0.05, 0.1) is 16.7 Å². The summed E-state index contributed by atoms with van der Waals surface area (Å²) in [6.45, 7) is -0.738. The number of esters is 3. The van der Waals surface area contributed by atoms with E-state index >= 15 is 0 Å². The monoisotopic (exact) mass is 488 g/mol. The maximum Gasteiger partial charge on any atom is 0.338 e. The Balaban J connectivity index is 1.56. The van der Waals surface area contributed by atoms with Crippen LogP contribution in [-0.2, 0) is 14.2 Å². The van der Waals surface area contributed by atoms with Crippen molar-refractivity contribution in [1.29, 1.82) is 0 Å². The number of hydrogen-bond donors (Lipinski definition) is 2. The van der Waals surface area contributed by atoms with Gasteiger partial charge in [0.2, 0.25) is 0 Å². The number of carbonyl (C=O) groups is 3. The molecule has 1 aliphatic rings. The van der Waals surface area contributed by atoms with Crippen molar-refractivity contribution in [1.82, 2.24) is 0 Å². The van der Waals surface area contributed by atoms with Crippen LogP contribution >= 0.6 is 0 Å². The van der Waals surface area contributed by atoms with Gasteiger partial charge in [0.25, 0.3) is 0 Å². The van der Waals surface area contributed by atoms with Gasteiger partial charge in [0, 0.05) is 0 Å². The maximum absolute atomic E-state index is 12.7. The molecular formula is C28H24O8. The molecule has 3 aromatic rings. The molecule has 3 aromatic carbocycles. The van der Waals surface area contributed by atoms with E-state index in [1.807, 2.05) is 0 Å². The van der Waals surface area contributed by atoms with Crippen LogP contribution in [0.25, 0.3) is 0 Å². The summed E-state index contributed by atoms with van der Waals surface area (Å²) in [4.78, 5) is 37.7. The minimum Gasteiger partial charge on any atom is -0.459 e. The van der Waals surface area contributed by atoms with Crippen LogP contribution in [0.3, 0.4) is 0 Å². The molecule has 0 amide bonds. The highest BCUT2D eigenvalue weighted by atomic mass is 16.6. The molecule has 36 heavy (non-hydrogen) atoms. The molecule has 8 heteroatoms. The largest absolute Gasteiger partial charge is 0.459 e. The second-order valence-electron chi connectivity index (χ2n) is 8.19. The molecule has 8 nitrogen and oxygen atoms in total. The van der Waals surface area contributed by atoms with Crippen LogP contribution in [0.1, 0.15) is 31.1 Å². The van der Waals surface area contributed by atoms with Gasteiger partial charge >= 0.3 is 17.9 Å². The summed E-state index contributed by atoms with van der Waals surface area (Å²) >= 11 is 0. The Morgan fingerprint density at radius 1 is 0.667 bits per heavy atom. The molecule has 4 rings (SSSR count). The van der Waals surface area contributed by atoms with E-state index in [2.05, 4.69) is 0 Å². The number of ether oxygens (including phenoxy) is 3. The Morgan fingerprint density at radius 3 is 1.61 bits per heavy atom. The first-order chi connectivity index (χ1) is 17.4. The zero-order valence-corrected chi connectivity index (χ0v) is 19.1. The average Bonchev–Trinajstić information content (AvgIpc) is 2.93. The number of aliphatic hydroxyl groups excluding tert-OH is 1. The zero-order chi connectivity index (χ0) is 25.5. The third kappa shape index (κ3) is 5.51. The van der Waals surface area contributed by atoms with E-state index in [9.17, 15) is 24.6 Å². The van der Waals surface area contributed by atoms with Crippen LogP contribution in [0, 0.1) is 0 Å². The van der Waals surface area contributed by atoms with Crippen molar-refractivity contribution in [3.05, 3.63) is 120 Å². The van der Waals surface area contributed by atoms with Gasteiger partial charge < -0.3 is 24.4 Å². The van der Waals surface area contributed by atoms with E-state index in [0.29, 0.717) is 0 Å². The van der Waals surface area contributed by atoms with Crippen LogP contribution < -0.4 is 0 Å². The van der Waals surface area contributed by atoms with E-state index in [-0.39, 0.29) is 16.7 Å². The minimum absolute atomic E-state index is 0.224. The van der Waals surface area contributed by atoms with Gasteiger partial charge in [-0.3, -0.25) is 0 Å². The van der Waals surface area contributed by atoms with E-state index in [0.717, 1.165) is 0 Å². The highest BCUT2D eigenvalue weighted by Crippen LogP contribution is 2.31. The second-order valence-corrected chi connectivity index (χ2v) is 8.19. The summed E-state index contributed by atoms with van der Waals surface area (Å²) in [5.74, 6) is -2.24. The SMILES string of the molecule is O=C(OC[C@]1(O)[C@@H](OC(=O)c2ccccc2)C=C[C@H](OC(=O)c2ccccc2)[C@@H]1O)c1ccccc1. The van der Waals surface area contributed by atoms with Crippen LogP contribution in [0.5, 0.6) is 0 Å². The molecule has 0 aliphatic heterocycles. The van der Waals surface area contributed by atoms with Gasteiger partial charge in [-0.15, -0.1) is 0 Å². The van der Waals surface area contributed by atoms with Gasteiger partial charge in [0.1, 0.15) is 18.8 Å². The van der Waals surface area contributed by atoms with Crippen molar-refractivity contribution < 1.29 is 38.8 Å². The summed E-state index contributed by atoms with van der Waals surface area (Å²) in [6.07, 6.45) is -1.87. The molecule has 0 saturated carbocycles. The Kier molecular flexibility index (Phi) is 7.58. The molecule has 0 heterocycles. The Morgan fingerprint density at radius 2 is 1.11 bits per heavy atom. The van der Waals surface area contributed by atoms with E-state index in [1.165, 1.54) is 36.4 Å². The lowest BCUT2D eigenvalue weighted by atomic mass is 9.82. The summed E-state index contributed by atoms with van der Waals surface area (Å²) in [6, 6.07) is 24.3. The number of benzene rings is 3. The van der Waals surface area contributed by atoms with Crippen molar-refractivity contribution in [2.75, 3.05) is 6.61 Å². The smallest absolute Gasteiger partial charge is 0.338 e. The quantitative estimate of drug-likeness (QED) is 0.296. The highest BCUT2D eigenvalue weighted by molar-refractivity contribution is 5.90. The number of carbonyl (C=O) groups excluding carboxylic acids is 3. The van der Waals surface area contributed by atoms with Crippen LogP contribution in [0.15, 0.2) is 103 Å². The summed E-state index contributed by atoms with van der Waals surface area (Å²) in [5.41, 5.74) is -1.62. The number of hydrogen-bond acceptors (Lipinski definition) is 8. The normalized spacial score (nSPS) is 22.9. The van der Waals surface area contributed by atoms with Gasteiger partial charge in [-0.25, -0.2) is 14.4 Å². The first-order valence-electron chi connectivity index (χ1n) is 11.2. The molecule has 2 N–H and O–H groups in total. The molecule has 4 atom stereocenters. The molecule has 0 saturated heterocycles. The first kappa shape index (κ1) is 24.8. The molecule has 0 spiro atoms. The minimum atomic E-state index is -2.31. The zero-order valence-electron chi connectivity index (χ0n) is 19.1. The van der Waals surface area contributed by atoms with Crippen LogP contribution in [0.4, 0.5) is 0 Å². The fraction of sp³-hybridized carbons (Fsp3) is 0.179. The Hall–Kier alpha value is -4.27. The Bertz CT molecular complexity index is 1230. The average molecular weight is 488 g/mol. The molecule has 1 aliphatic carbocycles. The standard InChI is InChI=1S/C28H24O8/c29-24-22(35-26(31)20-12-6-2-7-13-20)16-17-23(36-27(32)21-14-8-3-9-15-21)28(24,33)18-34-25(30)19-10-4-1-5-11-19/h1-17,22-24,29,33H,18H2/t22-,23-,24-,28-/m0/s1. The highest BCUT2D eigenvalue weighted by Gasteiger charge is 2.52. The lowest BCUT2D eigenvalue weighted by Crippen LogP contribution is -2.62.